The molecule has 0 spiro atoms. The van der Waals surface area contributed by atoms with Crippen molar-refractivity contribution < 1.29 is 9.47 Å². The highest BCUT2D eigenvalue weighted by Crippen LogP contribution is 2.38. The molecule has 3 aromatic rings. The highest BCUT2D eigenvalue weighted by atomic mass is 16.5. The summed E-state index contributed by atoms with van der Waals surface area (Å²) < 4.78 is 13.9. The van der Waals surface area contributed by atoms with E-state index in [0.29, 0.717) is 13.2 Å². The number of hydrogen-bond donors (Lipinski definition) is 0. The number of aromatic nitrogens is 2. The molecule has 0 saturated carbocycles. The molecule has 3 rings (SSSR count). The molecule has 4 nitrogen and oxygen atoms in total. The fourth-order valence-electron chi connectivity index (χ4n) is 3.45. The van der Waals surface area contributed by atoms with Gasteiger partial charge in [0.1, 0.15) is 18.0 Å². The van der Waals surface area contributed by atoms with E-state index in [1.165, 1.54) is 25.7 Å². The van der Waals surface area contributed by atoms with Crippen LogP contribution >= 0.6 is 0 Å². The maximum atomic E-state index is 6.23. The van der Waals surface area contributed by atoms with Crippen molar-refractivity contribution in [1.82, 2.24) is 9.78 Å². The Morgan fingerprint density at radius 3 is 2.10 bits per heavy atom. The summed E-state index contributed by atoms with van der Waals surface area (Å²) in [5, 5.41) is 4.76. The van der Waals surface area contributed by atoms with Crippen LogP contribution in [0.3, 0.4) is 0 Å². The monoisotopic (exact) mass is 392 g/mol. The first-order valence-electron chi connectivity index (χ1n) is 10.7. The van der Waals surface area contributed by atoms with Crippen molar-refractivity contribution in [3.63, 3.8) is 0 Å². The third kappa shape index (κ3) is 5.94. The Morgan fingerprint density at radius 1 is 0.759 bits per heavy atom. The first kappa shape index (κ1) is 21.1. The molecular formula is C25H32N2O2. The largest absolute Gasteiger partial charge is 0.487 e. The summed E-state index contributed by atoms with van der Waals surface area (Å²) in [5.41, 5.74) is 4.00. The molecule has 0 aliphatic heterocycles. The Bertz CT molecular complexity index is 844. The van der Waals surface area contributed by atoms with Crippen LogP contribution in [-0.4, -0.2) is 29.6 Å². The lowest BCUT2D eigenvalue weighted by atomic mass is 10.1. The van der Waals surface area contributed by atoms with Gasteiger partial charge in [-0.2, -0.15) is 5.10 Å². The Morgan fingerprint density at radius 2 is 1.41 bits per heavy atom. The van der Waals surface area contributed by atoms with E-state index in [1.807, 2.05) is 48.1 Å². The molecule has 2 aromatic carbocycles. The number of aryl methyl sites for hydroxylation is 1. The predicted molar refractivity (Wildman–Crippen MR) is 119 cm³/mol. The Kier molecular flexibility index (Phi) is 8.32. The third-order valence-electron chi connectivity index (χ3n) is 4.96. The summed E-state index contributed by atoms with van der Waals surface area (Å²) in [6.07, 6.45) is 6.25. The molecule has 29 heavy (non-hydrogen) atoms. The summed E-state index contributed by atoms with van der Waals surface area (Å²) in [6.45, 7) is 4.14. The van der Waals surface area contributed by atoms with Crippen molar-refractivity contribution >= 4 is 0 Å². The molecule has 4 heteroatoms. The van der Waals surface area contributed by atoms with E-state index in [-0.39, 0.29) is 0 Å². The van der Waals surface area contributed by atoms with Crippen LogP contribution in [0.5, 0.6) is 5.75 Å². The van der Waals surface area contributed by atoms with Gasteiger partial charge >= 0.3 is 0 Å². The fraction of sp³-hybridized carbons (Fsp3) is 0.400. The number of benzene rings is 2. The van der Waals surface area contributed by atoms with Crippen molar-refractivity contribution in [2.45, 2.75) is 39.0 Å². The number of nitrogens with zero attached hydrogens (tertiary/aromatic N) is 2. The molecule has 0 aliphatic carbocycles. The van der Waals surface area contributed by atoms with E-state index in [2.05, 4.69) is 31.2 Å². The first-order chi connectivity index (χ1) is 14.3. The second-order valence-electron chi connectivity index (χ2n) is 7.26. The van der Waals surface area contributed by atoms with Crippen LogP contribution < -0.4 is 4.74 Å². The standard InChI is InChI=1S/C25H32N2O2/c1-3-4-5-6-13-18-28-19-20-29-25-23(21-14-9-7-10-15-21)26-27(2)24(25)22-16-11-8-12-17-22/h7-12,14-17H,3-6,13,18-20H2,1-2H3. The maximum Gasteiger partial charge on any atom is 0.173 e. The summed E-state index contributed by atoms with van der Waals surface area (Å²) in [5.74, 6) is 0.816. The van der Waals surface area contributed by atoms with Crippen molar-refractivity contribution in [1.29, 1.82) is 0 Å². The molecule has 154 valence electrons. The van der Waals surface area contributed by atoms with Crippen molar-refractivity contribution in [3.05, 3.63) is 60.7 Å². The zero-order chi connectivity index (χ0) is 20.3. The lowest BCUT2D eigenvalue weighted by Crippen LogP contribution is -2.08. The van der Waals surface area contributed by atoms with Gasteiger partial charge in [0.2, 0.25) is 0 Å². The minimum atomic E-state index is 0.514. The second kappa shape index (κ2) is 11.4. The van der Waals surface area contributed by atoms with Crippen LogP contribution in [0.1, 0.15) is 39.0 Å². The zero-order valence-electron chi connectivity index (χ0n) is 17.6. The second-order valence-corrected chi connectivity index (χ2v) is 7.26. The van der Waals surface area contributed by atoms with Gasteiger partial charge in [-0.15, -0.1) is 0 Å². The van der Waals surface area contributed by atoms with Crippen molar-refractivity contribution in [3.8, 4) is 28.3 Å². The molecule has 0 N–H and O–H groups in total. The van der Waals surface area contributed by atoms with Crippen LogP contribution in [-0.2, 0) is 11.8 Å². The summed E-state index contributed by atoms with van der Waals surface area (Å²) in [7, 11) is 1.97. The molecule has 0 bridgehead atoms. The molecule has 1 heterocycles. The van der Waals surface area contributed by atoms with E-state index < -0.39 is 0 Å². The Hall–Kier alpha value is -2.59. The van der Waals surface area contributed by atoms with Gasteiger partial charge in [-0.05, 0) is 6.42 Å². The smallest absolute Gasteiger partial charge is 0.173 e. The van der Waals surface area contributed by atoms with Crippen LogP contribution in [0.25, 0.3) is 22.5 Å². The van der Waals surface area contributed by atoms with E-state index in [0.717, 1.165) is 41.3 Å². The van der Waals surface area contributed by atoms with E-state index in [1.54, 1.807) is 0 Å². The minimum absolute atomic E-state index is 0.514. The van der Waals surface area contributed by atoms with E-state index >= 15 is 0 Å². The van der Waals surface area contributed by atoms with Crippen molar-refractivity contribution in [2.24, 2.45) is 7.05 Å². The van der Waals surface area contributed by atoms with Crippen LogP contribution in [0.2, 0.25) is 0 Å². The van der Waals surface area contributed by atoms with Gasteiger partial charge in [0.25, 0.3) is 0 Å². The highest BCUT2D eigenvalue weighted by molar-refractivity contribution is 5.78. The highest BCUT2D eigenvalue weighted by Gasteiger charge is 2.20. The molecule has 0 unspecified atom stereocenters. The van der Waals surface area contributed by atoms with Crippen LogP contribution in [0.15, 0.2) is 60.7 Å². The Balaban J connectivity index is 1.67. The topological polar surface area (TPSA) is 36.3 Å². The van der Waals surface area contributed by atoms with Crippen molar-refractivity contribution in [2.75, 3.05) is 19.8 Å². The lowest BCUT2D eigenvalue weighted by molar-refractivity contribution is 0.0974. The molecule has 0 atom stereocenters. The van der Waals surface area contributed by atoms with Gasteiger partial charge in [0, 0.05) is 24.8 Å². The molecule has 0 aliphatic rings. The third-order valence-corrected chi connectivity index (χ3v) is 4.96. The van der Waals surface area contributed by atoms with Crippen LogP contribution in [0, 0.1) is 0 Å². The van der Waals surface area contributed by atoms with E-state index in [9.17, 15) is 0 Å². The molecular weight excluding hydrogens is 360 g/mol. The summed E-state index contributed by atoms with van der Waals surface area (Å²) in [6, 6.07) is 20.5. The van der Waals surface area contributed by atoms with Gasteiger partial charge in [-0.3, -0.25) is 4.68 Å². The average molecular weight is 393 g/mol. The quantitative estimate of drug-likeness (QED) is 0.348. The van der Waals surface area contributed by atoms with Crippen LogP contribution in [0.4, 0.5) is 0 Å². The number of ether oxygens (including phenoxy) is 2. The molecule has 0 radical (unpaired) electrons. The zero-order valence-corrected chi connectivity index (χ0v) is 17.6. The molecule has 0 amide bonds. The lowest BCUT2D eigenvalue weighted by Gasteiger charge is -2.11. The summed E-state index contributed by atoms with van der Waals surface area (Å²) >= 11 is 0. The number of hydrogen-bond acceptors (Lipinski definition) is 3. The normalized spacial score (nSPS) is 11.0. The number of unbranched alkanes of at least 4 members (excludes halogenated alkanes) is 4. The minimum Gasteiger partial charge on any atom is -0.487 e. The fourth-order valence-corrected chi connectivity index (χ4v) is 3.45. The molecule has 0 fully saturated rings. The predicted octanol–water partition coefficient (Wildman–Crippen LogP) is 6.12. The SMILES string of the molecule is CCCCCCCOCCOc1c(-c2ccccc2)nn(C)c1-c1ccccc1. The van der Waals surface area contributed by atoms with Gasteiger partial charge in [-0.25, -0.2) is 0 Å². The molecule has 0 saturated heterocycles. The summed E-state index contributed by atoms with van der Waals surface area (Å²) in [4.78, 5) is 0. The average Bonchev–Trinajstić information content (AvgIpc) is 3.10. The number of rotatable bonds is 12. The van der Waals surface area contributed by atoms with Gasteiger partial charge in [-0.1, -0.05) is 93.3 Å². The Labute approximate surface area is 174 Å². The van der Waals surface area contributed by atoms with Gasteiger partial charge < -0.3 is 9.47 Å². The van der Waals surface area contributed by atoms with E-state index in [4.69, 9.17) is 14.6 Å². The van der Waals surface area contributed by atoms with Gasteiger partial charge in [0.15, 0.2) is 5.75 Å². The van der Waals surface area contributed by atoms with Gasteiger partial charge in [0.05, 0.1) is 6.61 Å². The molecule has 1 aromatic heterocycles. The maximum absolute atomic E-state index is 6.23. The first-order valence-corrected chi connectivity index (χ1v) is 10.7.